The fraction of sp³-hybridized carbons (Fsp3) is 0. The Hall–Kier alpha value is 0.330. The van der Waals surface area contributed by atoms with Gasteiger partial charge in [-0.25, -0.2) is 0 Å². The molecule has 0 spiro atoms. The fourth-order valence-corrected chi connectivity index (χ4v) is 2.01. The first-order chi connectivity index (χ1) is 4.86. The van der Waals surface area contributed by atoms with Gasteiger partial charge in [0.2, 0.25) is 0 Å². The molecule has 11 heavy (non-hydrogen) atoms. The topological polar surface area (TPSA) is 15.8 Å². The van der Waals surface area contributed by atoms with Gasteiger partial charge in [0.15, 0.2) is 3.95 Å². The maximum atomic E-state index is 4.98. The average Bonchev–Trinajstić information content (AvgIpc) is 2.27. The molecule has 2 rings (SSSR count). The van der Waals surface area contributed by atoms with E-state index in [-0.39, 0.29) is 29.6 Å². The first-order valence-corrected chi connectivity index (χ1v) is 4.16. The van der Waals surface area contributed by atoms with E-state index in [9.17, 15) is 0 Å². The van der Waals surface area contributed by atoms with E-state index >= 15 is 0 Å². The molecule has 0 saturated carbocycles. The van der Waals surface area contributed by atoms with Crippen molar-refractivity contribution in [1.82, 2.24) is 4.98 Å². The fourth-order valence-electron chi connectivity index (χ4n) is 0.894. The molecule has 1 heterocycles. The molecule has 52 valence electrons. The second-order valence-corrected chi connectivity index (χ2v) is 3.73. The van der Waals surface area contributed by atoms with E-state index in [1.165, 1.54) is 4.70 Å². The van der Waals surface area contributed by atoms with Crippen LogP contribution < -0.4 is 0 Å². The van der Waals surface area contributed by atoms with E-state index in [4.69, 9.17) is 12.2 Å². The molecule has 0 saturated heterocycles. The third-order valence-corrected chi connectivity index (χ3v) is 2.54. The van der Waals surface area contributed by atoms with Gasteiger partial charge in [0, 0.05) is 0 Å². The molecule has 1 aromatic carbocycles. The molecule has 0 aliphatic rings. The quantitative estimate of drug-likeness (QED) is 0.499. The summed E-state index contributed by atoms with van der Waals surface area (Å²) in [7, 11) is 0. The molecule has 0 aliphatic heterocycles. The van der Waals surface area contributed by atoms with Crippen LogP contribution in [-0.4, -0.2) is 34.5 Å². The molecule has 0 aliphatic carbocycles. The number of fused-ring (bicyclic) bond motifs is 1. The SMILES string of the molecule is S=c1[nH]c2ccccc2s1.[NaH]. The summed E-state index contributed by atoms with van der Waals surface area (Å²) in [6, 6.07) is 8.11. The normalized spacial score (nSPS) is 9.45. The Bertz CT molecular complexity index is 368. The zero-order chi connectivity index (χ0) is 6.97. The number of hydrogen-bond acceptors (Lipinski definition) is 2. The third kappa shape index (κ3) is 1.92. The molecule has 4 heteroatoms. The second kappa shape index (κ2) is 3.83. The van der Waals surface area contributed by atoms with Gasteiger partial charge in [0.05, 0.1) is 10.2 Å². The van der Waals surface area contributed by atoms with E-state index in [2.05, 4.69) is 11.1 Å². The molecule has 0 amide bonds. The molecular formula is C7H6NNaS2. The van der Waals surface area contributed by atoms with Gasteiger partial charge in [-0.2, -0.15) is 0 Å². The van der Waals surface area contributed by atoms with Crippen LogP contribution >= 0.6 is 23.6 Å². The molecular weight excluding hydrogens is 185 g/mol. The maximum absolute atomic E-state index is 4.98. The van der Waals surface area contributed by atoms with Crippen molar-refractivity contribution >= 4 is 63.3 Å². The van der Waals surface area contributed by atoms with Crippen molar-refractivity contribution in [2.45, 2.75) is 0 Å². The number of nitrogens with one attached hydrogen (secondary N) is 1. The van der Waals surface area contributed by atoms with Gasteiger partial charge in [0.1, 0.15) is 0 Å². The van der Waals surface area contributed by atoms with Crippen molar-refractivity contribution in [3.05, 3.63) is 28.2 Å². The second-order valence-electron chi connectivity index (χ2n) is 2.01. The van der Waals surface area contributed by atoms with Gasteiger partial charge >= 0.3 is 29.6 Å². The van der Waals surface area contributed by atoms with E-state index < -0.39 is 0 Å². The molecule has 2 aromatic rings. The Morgan fingerprint density at radius 2 is 2.00 bits per heavy atom. The van der Waals surface area contributed by atoms with Gasteiger partial charge in [-0.15, -0.1) is 11.3 Å². The minimum absolute atomic E-state index is 0. The molecule has 1 aromatic heterocycles. The summed E-state index contributed by atoms with van der Waals surface area (Å²) in [4.78, 5) is 3.09. The number of aromatic amines is 1. The predicted octanol–water partition coefficient (Wildman–Crippen LogP) is 2.31. The number of hydrogen-bond donors (Lipinski definition) is 1. The molecule has 1 N–H and O–H groups in total. The van der Waals surface area contributed by atoms with E-state index in [0.29, 0.717) is 0 Å². The van der Waals surface area contributed by atoms with Gasteiger partial charge < -0.3 is 4.98 Å². The molecule has 0 unspecified atom stereocenters. The Kier molecular flexibility index (Phi) is 3.28. The molecule has 0 fully saturated rings. The third-order valence-electron chi connectivity index (χ3n) is 1.33. The minimum atomic E-state index is 0. The number of thiazole rings is 1. The van der Waals surface area contributed by atoms with E-state index in [0.717, 1.165) is 9.47 Å². The van der Waals surface area contributed by atoms with Crippen LogP contribution in [0.5, 0.6) is 0 Å². The summed E-state index contributed by atoms with van der Waals surface area (Å²) in [6.07, 6.45) is 0. The Balaban J connectivity index is 0.000000605. The number of H-pyrrole nitrogens is 1. The average molecular weight is 191 g/mol. The monoisotopic (exact) mass is 191 g/mol. The van der Waals surface area contributed by atoms with Crippen LogP contribution in [-0.2, 0) is 0 Å². The number of para-hydroxylation sites is 1. The molecule has 0 radical (unpaired) electrons. The van der Waals surface area contributed by atoms with Crippen LogP contribution in [0, 0.1) is 3.95 Å². The van der Waals surface area contributed by atoms with Crippen molar-refractivity contribution in [2.24, 2.45) is 0 Å². The summed E-state index contributed by atoms with van der Waals surface area (Å²) < 4.78 is 2.08. The van der Waals surface area contributed by atoms with Gasteiger partial charge in [0.25, 0.3) is 0 Å². The van der Waals surface area contributed by atoms with Crippen LogP contribution in [0.1, 0.15) is 0 Å². The number of aromatic nitrogens is 1. The molecule has 0 bridgehead atoms. The summed E-state index contributed by atoms with van der Waals surface area (Å²) in [5.41, 5.74) is 1.14. The Morgan fingerprint density at radius 3 is 2.73 bits per heavy atom. The number of rotatable bonds is 0. The first kappa shape index (κ1) is 9.42. The van der Waals surface area contributed by atoms with Gasteiger partial charge in [-0.1, -0.05) is 12.1 Å². The van der Waals surface area contributed by atoms with Crippen LogP contribution in [0.4, 0.5) is 0 Å². The van der Waals surface area contributed by atoms with E-state index in [1.807, 2.05) is 18.2 Å². The summed E-state index contributed by atoms with van der Waals surface area (Å²) >= 11 is 6.59. The molecule has 0 atom stereocenters. The van der Waals surface area contributed by atoms with Crippen LogP contribution in [0.15, 0.2) is 24.3 Å². The molecule has 1 nitrogen and oxygen atoms in total. The van der Waals surface area contributed by atoms with Crippen molar-refractivity contribution < 1.29 is 0 Å². The van der Waals surface area contributed by atoms with E-state index in [1.54, 1.807) is 11.3 Å². The van der Waals surface area contributed by atoms with Crippen molar-refractivity contribution in [3.63, 3.8) is 0 Å². The standard InChI is InChI=1S/C7H5NS2.Na.H/c9-7-8-5-3-1-2-4-6(5)10-7;;/h1-4H,(H,8,9);;. The first-order valence-electron chi connectivity index (χ1n) is 2.94. The van der Waals surface area contributed by atoms with Gasteiger partial charge in [-0.05, 0) is 24.4 Å². The van der Waals surface area contributed by atoms with Crippen LogP contribution in [0.2, 0.25) is 0 Å². The van der Waals surface area contributed by atoms with Crippen molar-refractivity contribution in [2.75, 3.05) is 0 Å². The zero-order valence-corrected chi connectivity index (χ0v) is 6.76. The zero-order valence-electron chi connectivity index (χ0n) is 5.13. The summed E-state index contributed by atoms with van der Waals surface area (Å²) in [5.74, 6) is 0. The number of benzene rings is 1. The van der Waals surface area contributed by atoms with Crippen molar-refractivity contribution in [1.29, 1.82) is 0 Å². The summed E-state index contributed by atoms with van der Waals surface area (Å²) in [6.45, 7) is 0. The Labute approximate surface area is 95.7 Å². The van der Waals surface area contributed by atoms with Crippen LogP contribution in [0.25, 0.3) is 10.2 Å². The summed E-state index contributed by atoms with van der Waals surface area (Å²) in [5, 5.41) is 0. The predicted molar refractivity (Wildman–Crippen MR) is 54.2 cm³/mol. The van der Waals surface area contributed by atoms with Crippen LogP contribution in [0.3, 0.4) is 0 Å². The Morgan fingerprint density at radius 1 is 1.27 bits per heavy atom. The van der Waals surface area contributed by atoms with Crippen molar-refractivity contribution in [3.8, 4) is 0 Å². The van der Waals surface area contributed by atoms with Gasteiger partial charge in [-0.3, -0.25) is 0 Å².